The summed E-state index contributed by atoms with van der Waals surface area (Å²) in [7, 11) is 3.09. The lowest BCUT2D eigenvalue weighted by atomic mass is 10.1. The predicted molar refractivity (Wildman–Crippen MR) is 90.9 cm³/mol. The average Bonchev–Trinajstić information content (AvgIpc) is 3.18. The smallest absolute Gasteiger partial charge is 0.287 e. The van der Waals surface area contributed by atoms with Gasteiger partial charge in [-0.1, -0.05) is 0 Å². The first-order valence-corrected chi connectivity index (χ1v) is 7.42. The monoisotopic (exact) mass is 345 g/mol. The van der Waals surface area contributed by atoms with Gasteiger partial charge in [0.25, 0.3) is 11.8 Å². The van der Waals surface area contributed by atoms with E-state index in [4.69, 9.17) is 13.9 Å². The number of carbonyl (C=O) groups is 2. The molecule has 0 aliphatic rings. The van der Waals surface area contributed by atoms with Crippen LogP contribution >= 0.6 is 0 Å². The lowest BCUT2D eigenvalue weighted by Crippen LogP contribution is -2.35. The van der Waals surface area contributed by atoms with E-state index >= 15 is 0 Å². The number of hydrogen-bond acceptors (Lipinski definition) is 6. The minimum Gasteiger partial charge on any atom is -0.493 e. The molecular weight excluding hydrogens is 326 g/mol. The average molecular weight is 345 g/mol. The van der Waals surface area contributed by atoms with Crippen LogP contribution in [0.3, 0.4) is 0 Å². The van der Waals surface area contributed by atoms with Gasteiger partial charge in [0, 0.05) is 5.56 Å². The molecule has 0 bridgehead atoms. The summed E-state index contributed by atoms with van der Waals surface area (Å²) >= 11 is 0. The zero-order chi connectivity index (χ0) is 18.2. The van der Waals surface area contributed by atoms with E-state index in [2.05, 4.69) is 15.8 Å². The van der Waals surface area contributed by atoms with Crippen molar-refractivity contribution in [3.8, 4) is 11.5 Å². The summed E-state index contributed by atoms with van der Waals surface area (Å²) in [5.41, 5.74) is 3.72. The Bertz CT molecular complexity index is 769. The molecule has 2 amide bonds. The number of ether oxygens (including phenoxy) is 2. The van der Waals surface area contributed by atoms with Gasteiger partial charge in [0.05, 0.1) is 32.7 Å². The summed E-state index contributed by atoms with van der Waals surface area (Å²) in [4.78, 5) is 23.4. The van der Waals surface area contributed by atoms with Crippen molar-refractivity contribution in [2.75, 3.05) is 20.8 Å². The first-order valence-electron chi connectivity index (χ1n) is 7.42. The number of amides is 2. The number of furan rings is 1. The first-order chi connectivity index (χ1) is 12.0. The Morgan fingerprint density at radius 1 is 1.16 bits per heavy atom. The maximum Gasteiger partial charge on any atom is 0.287 e. The van der Waals surface area contributed by atoms with Gasteiger partial charge in [-0.2, -0.15) is 5.10 Å². The van der Waals surface area contributed by atoms with Crippen LogP contribution < -0.4 is 20.2 Å². The molecular formula is C17H19N3O5. The normalized spacial score (nSPS) is 10.9. The van der Waals surface area contributed by atoms with Gasteiger partial charge in [-0.3, -0.25) is 9.59 Å². The van der Waals surface area contributed by atoms with Crippen LogP contribution in [0.15, 0.2) is 46.1 Å². The quantitative estimate of drug-likeness (QED) is 0.586. The number of benzene rings is 1. The second-order valence-corrected chi connectivity index (χ2v) is 4.96. The maximum atomic E-state index is 11.8. The fourth-order valence-electron chi connectivity index (χ4n) is 1.97. The molecule has 2 aromatic rings. The number of hydrazone groups is 1. The number of nitrogens with zero attached hydrogens (tertiary/aromatic N) is 1. The minimum absolute atomic E-state index is 0.137. The topological polar surface area (TPSA) is 102 Å². The van der Waals surface area contributed by atoms with Gasteiger partial charge in [0.1, 0.15) is 0 Å². The van der Waals surface area contributed by atoms with Crippen molar-refractivity contribution in [1.82, 2.24) is 10.7 Å². The third-order valence-electron chi connectivity index (χ3n) is 3.30. The van der Waals surface area contributed by atoms with Crippen molar-refractivity contribution in [2.45, 2.75) is 6.92 Å². The van der Waals surface area contributed by atoms with Gasteiger partial charge in [0.2, 0.25) is 0 Å². The molecule has 0 radical (unpaired) electrons. The Morgan fingerprint density at radius 2 is 1.92 bits per heavy atom. The zero-order valence-corrected chi connectivity index (χ0v) is 14.2. The van der Waals surface area contributed by atoms with Crippen molar-refractivity contribution >= 4 is 17.5 Å². The van der Waals surface area contributed by atoms with E-state index in [1.165, 1.54) is 19.4 Å². The second-order valence-electron chi connectivity index (χ2n) is 4.96. The third-order valence-corrected chi connectivity index (χ3v) is 3.30. The number of methoxy groups -OCH3 is 2. The van der Waals surface area contributed by atoms with E-state index in [0.29, 0.717) is 17.2 Å². The molecule has 2 rings (SSSR count). The molecule has 0 spiro atoms. The van der Waals surface area contributed by atoms with Crippen LogP contribution in [-0.4, -0.2) is 38.3 Å². The Labute approximate surface area is 144 Å². The van der Waals surface area contributed by atoms with Crippen LogP contribution in [0, 0.1) is 0 Å². The zero-order valence-electron chi connectivity index (χ0n) is 14.2. The molecule has 2 N–H and O–H groups in total. The molecule has 0 aliphatic carbocycles. The van der Waals surface area contributed by atoms with Gasteiger partial charge in [-0.05, 0) is 37.3 Å². The van der Waals surface area contributed by atoms with Gasteiger partial charge in [-0.25, -0.2) is 5.43 Å². The van der Waals surface area contributed by atoms with E-state index in [0.717, 1.165) is 5.56 Å². The van der Waals surface area contributed by atoms with E-state index in [1.807, 2.05) is 0 Å². The Balaban J connectivity index is 1.91. The Morgan fingerprint density at radius 3 is 2.56 bits per heavy atom. The van der Waals surface area contributed by atoms with Gasteiger partial charge in [-0.15, -0.1) is 0 Å². The third kappa shape index (κ3) is 4.84. The predicted octanol–water partition coefficient (Wildman–Crippen LogP) is 1.57. The highest BCUT2D eigenvalue weighted by atomic mass is 16.5. The number of rotatable bonds is 7. The summed E-state index contributed by atoms with van der Waals surface area (Å²) in [5, 5.41) is 6.44. The molecule has 0 unspecified atom stereocenters. The molecule has 25 heavy (non-hydrogen) atoms. The molecule has 1 aromatic carbocycles. The van der Waals surface area contributed by atoms with Crippen LogP contribution in [0.2, 0.25) is 0 Å². The Kier molecular flexibility index (Phi) is 6.16. The number of carbonyl (C=O) groups excluding carboxylic acids is 2. The molecule has 0 aliphatic heterocycles. The fraction of sp³-hybridized carbons (Fsp3) is 0.235. The van der Waals surface area contributed by atoms with Crippen molar-refractivity contribution in [2.24, 2.45) is 5.10 Å². The summed E-state index contributed by atoms with van der Waals surface area (Å²) in [6.07, 6.45) is 1.38. The molecule has 132 valence electrons. The largest absolute Gasteiger partial charge is 0.493 e. The molecule has 8 nitrogen and oxygen atoms in total. The highest BCUT2D eigenvalue weighted by Gasteiger charge is 2.10. The lowest BCUT2D eigenvalue weighted by molar-refractivity contribution is -0.120. The first kappa shape index (κ1) is 18.1. The summed E-state index contributed by atoms with van der Waals surface area (Å²) < 4.78 is 15.3. The number of nitrogens with one attached hydrogen (secondary N) is 2. The van der Waals surface area contributed by atoms with Gasteiger partial charge in [0.15, 0.2) is 17.3 Å². The van der Waals surface area contributed by atoms with Crippen LogP contribution in [0.5, 0.6) is 11.5 Å². The molecule has 8 heteroatoms. The Hall–Kier alpha value is -3.29. The van der Waals surface area contributed by atoms with Crippen LogP contribution in [0.25, 0.3) is 0 Å². The highest BCUT2D eigenvalue weighted by Crippen LogP contribution is 2.27. The molecule has 0 saturated carbocycles. The summed E-state index contributed by atoms with van der Waals surface area (Å²) in [6.45, 7) is 1.52. The van der Waals surface area contributed by atoms with E-state index in [1.54, 1.807) is 38.3 Å². The minimum atomic E-state index is -0.472. The second kappa shape index (κ2) is 8.53. The lowest BCUT2D eigenvalue weighted by Gasteiger charge is -2.09. The fourth-order valence-corrected chi connectivity index (χ4v) is 1.97. The molecule has 0 saturated heterocycles. The summed E-state index contributed by atoms with van der Waals surface area (Å²) in [6, 6.07) is 8.39. The van der Waals surface area contributed by atoms with E-state index in [9.17, 15) is 9.59 Å². The standard InChI is InChI=1S/C17H19N3O5/c1-11(12-6-7-13(23-2)15(9-12)24-3)19-20-16(21)10-18-17(22)14-5-4-8-25-14/h4-9H,10H2,1-3H3,(H,18,22)(H,20,21). The van der Waals surface area contributed by atoms with Crippen molar-refractivity contribution in [3.63, 3.8) is 0 Å². The van der Waals surface area contributed by atoms with Crippen LogP contribution in [0.4, 0.5) is 0 Å². The van der Waals surface area contributed by atoms with E-state index < -0.39 is 11.8 Å². The van der Waals surface area contributed by atoms with Crippen LogP contribution in [-0.2, 0) is 4.79 Å². The number of hydrogen-bond donors (Lipinski definition) is 2. The van der Waals surface area contributed by atoms with Crippen molar-refractivity contribution in [1.29, 1.82) is 0 Å². The van der Waals surface area contributed by atoms with Crippen molar-refractivity contribution in [3.05, 3.63) is 47.9 Å². The SMILES string of the molecule is COc1ccc(C(C)=NNC(=O)CNC(=O)c2ccco2)cc1OC. The van der Waals surface area contributed by atoms with Gasteiger partial charge >= 0.3 is 0 Å². The highest BCUT2D eigenvalue weighted by molar-refractivity contribution is 6.00. The molecule has 1 heterocycles. The maximum absolute atomic E-state index is 11.8. The van der Waals surface area contributed by atoms with Crippen molar-refractivity contribution < 1.29 is 23.5 Å². The molecule has 0 fully saturated rings. The van der Waals surface area contributed by atoms with Crippen LogP contribution in [0.1, 0.15) is 23.0 Å². The summed E-state index contributed by atoms with van der Waals surface area (Å²) in [5.74, 6) is 0.369. The van der Waals surface area contributed by atoms with Gasteiger partial charge < -0.3 is 19.2 Å². The molecule has 0 atom stereocenters. The van der Waals surface area contributed by atoms with E-state index in [-0.39, 0.29) is 12.3 Å². The molecule has 1 aromatic heterocycles.